The molecule has 80 valence electrons. The topological polar surface area (TPSA) is 4.93 Å². The molecule has 1 aromatic heterocycles. The highest BCUT2D eigenvalue weighted by atomic mass is 35.5. The summed E-state index contributed by atoms with van der Waals surface area (Å²) >= 11 is 7.87. The van der Waals surface area contributed by atoms with Gasteiger partial charge in [0.1, 0.15) is 0 Å². The first-order valence-corrected chi connectivity index (χ1v) is 6.79. The second-order valence-corrected chi connectivity index (χ2v) is 4.84. The fourth-order valence-corrected chi connectivity index (χ4v) is 2.59. The lowest BCUT2D eigenvalue weighted by atomic mass is 10.2. The number of fused-ring (bicyclic) bond motifs is 1. The number of halogens is 1. The summed E-state index contributed by atoms with van der Waals surface area (Å²) in [6.07, 6.45) is 4.36. The van der Waals surface area contributed by atoms with Gasteiger partial charge in [-0.05, 0) is 36.9 Å². The van der Waals surface area contributed by atoms with E-state index >= 15 is 0 Å². The van der Waals surface area contributed by atoms with Crippen molar-refractivity contribution in [2.75, 3.05) is 6.26 Å². The Labute approximate surface area is 99.4 Å². The van der Waals surface area contributed by atoms with E-state index in [4.69, 9.17) is 11.6 Å². The summed E-state index contributed by atoms with van der Waals surface area (Å²) in [5.41, 5.74) is 2.66. The average Bonchev–Trinajstić information content (AvgIpc) is 2.57. The number of hydrogen-bond donors (Lipinski definition) is 0. The van der Waals surface area contributed by atoms with Crippen LogP contribution in [0.2, 0.25) is 5.02 Å². The zero-order valence-corrected chi connectivity index (χ0v) is 10.5. The minimum Gasteiger partial charge on any atom is -0.347 e. The molecule has 0 N–H and O–H groups in total. The second kappa shape index (κ2) is 4.50. The molecule has 15 heavy (non-hydrogen) atoms. The first-order valence-electron chi connectivity index (χ1n) is 5.02. The van der Waals surface area contributed by atoms with E-state index in [-0.39, 0.29) is 0 Å². The van der Waals surface area contributed by atoms with Gasteiger partial charge in [0, 0.05) is 34.4 Å². The van der Waals surface area contributed by atoms with E-state index in [1.165, 1.54) is 16.5 Å². The Bertz CT molecular complexity index is 476. The van der Waals surface area contributed by atoms with Gasteiger partial charge >= 0.3 is 0 Å². The van der Waals surface area contributed by atoms with Gasteiger partial charge in [-0.15, -0.1) is 0 Å². The van der Waals surface area contributed by atoms with Crippen LogP contribution in [0.3, 0.4) is 0 Å². The lowest BCUT2D eigenvalue weighted by Crippen LogP contribution is -1.89. The summed E-state index contributed by atoms with van der Waals surface area (Å²) in [7, 11) is 0. The Balaban J connectivity index is 2.64. The number of thioether (sulfide) groups is 1. The predicted octanol–water partition coefficient (Wildman–Crippen LogP) is 4.18. The summed E-state index contributed by atoms with van der Waals surface area (Å²) in [5.74, 6) is 1.05. The fourth-order valence-electron chi connectivity index (χ4n) is 1.88. The van der Waals surface area contributed by atoms with Crippen molar-refractivity contribution < 1.29 is 0 Å². The summed E-state index contributed by atoms with van der Waals surface area (Å²) in [4.78, 5) is 0. The number of nitrogens with zero attached hydrogens (tertiary/aromatic N) is 1. The van der Waals surface area contributed by atoms with E-state index in [2.05, 4.69) is 36.1 Å². The first kappa shape index (κ1) is 10.9. The van der Waals surface area contributed by atoms with Crippen LogP contribution in [-0.2, 0) is 12.3 Å². The van der Waals surface area contributed by atoms with Gasteiger partial charge in [-0.3, -0.25) is 0 Å². The van der Waals surface area contributed by atoms with E-state index in [1.54, 1.807) is 0 Å². The van der Waals surface area contributed by atoms with Crippen LogP contribution in [0.1, 0.15) is 12.5 Å². The van der Waals surface area contributed by atoms with Crippen molar-refractivity contribution in [1.29, 1.82) is 0 Å². The maximum Gasteiger partial charge on any atom is 0.0484 e. The molecule has 0 aliphatic heterocycles. The molecule has 0 aliphatic rings. The molecule has 0 saturated carbocycles. The molecule has 0 bridgehead atoms. The Kier molecular flexibility index (Phi) is 3.27. The van der Waals surface area contributed by atoms with E-state index < -0.39 is 0 Å². The van der Waals surface area contributed by atoms with E-state index in [0.717, 1.165) is 17.3 Å². The van der Waals surface area contributed by atoms with Gasteiger partial charge in [-0.25, -0.2) is 0 Å². The fraction of sp³-hybridized carbons (Fsp3) is 0.333. The normalized spacial score (nSPS) is 11.1. The van der Waals surface area contributed by atoms with Gasteiger partial charge in [0.05, 0.1) is 0 Å². The minimum absolute atomic E-state index is 0.818. The highest BCUT2D eigenvalue weighted by Crippen LogP contribution is 2.27. The third-order valence-corrected chi connectivity index (χ3v) is 3.40. The highest BCUT2D eigenvalue weighted by molar-refractivity contribution is 7.97. The molecule has 0 saturated heterocycles. The Hall–Kier alpha value is -0.600. The summed E-state index contributed by atoms with van der Waals surface area (Å²) in [6.45, 7) is 3.17. The Morgan fingerprint density at radius 1 is 1.40 bits per heavy atom. The quantitative estimate of drug-likeness (QED) is 0.778. The number of hydrogen-bond acceptors (Lipinski definition) is 1. The van der Waals surface area contributed by atoms with Crippen LogP contribution in [0.15, 0.2) is 24.4 Å². The lowest BCUT2D eigenvalue weighted by Gasteiger charge is -1.99. The largest absolute Gasteiger partial charge is 0.347 e. The van der Waals surface area contributed by atoms with Gasteiger partial charge in [-0.1, -0.05) is 11.6 Å². The molecule has 2 rings (SSSR count). The molecular formula is C12H14ClNS. The molecule has 3 heteroatoms. The molecule has 0 amide bonds. The van der Waals surface area contributed by atoms with E-state index in [1.807, 2.05) is 17.8 Å². The van der Waals surface area contributed by atoms with Crippen molar-refractivity contribution in [2.24, 2.45) is 0 Å². The Morgan fingerprint density at radius 2 is 2.20 bits per heavy atom. The molecule has 1 heterocycles. The van der Waals surface area contributed by atoms with Crippen LogP contribution in [0.4, 0.5) is 0 Å². The van der Waals surface area contributed by atoms with Crippen molar-refractivity contribution in [1.82, 2.24) is 4.57 Å². The van der Waals surface area contributed by atoms with Crippen molar-refractivity contribution in [3.63, 3.8) is 0 Å². The van der Waals surface area contributed by atoms with Crippen LogP contribution in [0, 0.1) is 0 Å². The maximum atomic E-state index is 6.03. The molecule has 0 unspecified atom stereocenters. The zero-order valence-electron chi connectivity index (χ0n) is 8.96. The molecule has 1 aromatic carbocycles. The van der Waals surface area contributed by atoms with Gasteiger partial charge in [0.15, 0.2) is 0 Å². The van der Waals surface area contributed by atoms with Crippen LogP contribution in [0.5, 0.6) is 0 Å². The molecular weight excluding hydrogens is 226 g/mol. The third-order valence-electron chi connectivity index (χ3n) is 2.57. The molecule has 0 radical (unpaired) electrons. The molecule has 0 spiro atoms. The Morgan fingerprint density at radius 3 is 2.87 bits per heavy atom. The van der Waals surface area contributed by atoms with E-state index in [9.17, 15) is 0 Å². The SMILES string of the molecule is CCn1cc(CSC)c2cc(Cl)ccc21. The van der Waals surface area contributed by atoms with E-state index in [0.29, 0.717) is 0 Å². The summed E-state index contributed by atoms with van der Waals surface area (Å²) < 4.78 is 2.28. The lowest BCUT2D eigenvalue weighted by molar-refractivity contribution is 0.795. The monoisotopic (exact) mass is 239 g/mol. The second-order valence-electron chi connectivity index (χ2n) is 3.53. The predicted molar refractivity (Wildman–Crippen MR) is 69.8 cm³/mol. The molecule has 0 fully saturated rings. The minimum atomic E-state index is 0.818. The average molecular weight is 240 g/mol. The smallest absolute Gasteiger partial charge is 0.0484 e. The molecule has 0 aliphatic carbocycles. The number of aromatic nitrogens is 1. The van der Waals surface area contributed by atoms with Gasteiger partial charge in [0.25, 0.3) is 0 Å². The maximum absolute atomic E-state index is 6.03. The molecule has 2 aromatic rings. The van der Waals surface area contributed by atoms with Crippen molar-refractivity contribution in [3.8, 4) is 0 Å². The summed E-state index contributed by atoms with van der Waals surface area (Å²) in [6, 6.07) is 6.12. The van der Waals surface area contributed by atoms with Crippen LogP contribution < -0.4 is 0 Å². The number of rotatable bonds is 3. The van der Waals surface area contributed by atoms with Crippen LogP contribution >= 0.6 is 23.4 Å². The van der Waals surface area contributed by atoms with Gasteiger partial charge in [-0.2, -0.15) is 11.8 Å². The summed E-state index contributed by atoms with van der Waals surface area (Å²) in [5, 5.41) is 2.11. The van der Waals surface area contributed by atoms with Crippen molar-refractivity contribution in [2.45, 2.75) is 19.2 Å². The van der Waals surface area contributed by atoms with Gasteiger partial charge < -0.3 is 4.57 Å². The van der Waals surface area contributed by atoms with Crippen molar-refractivity contribution in [3.05, 3.63) is 35.0 Å². The van der Waals surface area contributed by atoms with Crippen LogP contribution in [0.25, 0.3) is 10.9 Å². The van der Waals surface area contributed by atoms with Crippen molar-refractivity contribution >= 4 is 34.3 Å². The highest BCUT2D eigenvalue weighted by Gasteiger charge is 2.07. The number of benzene rings is 1. The molecule has 1 nitrogen and oxygen atoms in total. The first-order chi connectivity index (χ1) is 7.26. The zero-order chi connectivity index (χ0) is 10.8. The van der Waals surface area contributed by atoms with Gasteiger partial charge in [0.2, 0.25) is 0 Å². The molecule has 0 atom stereocenters. The third kappa shape index (κ3) is 2.01. The van der Waals surface area contributed by atoms with Crippen LogP contribution in [-0.4, -0.2) is 10.8 Å². The standard InChI is InChI=1S/C12H14ClNS/c1-3-14-7-9(8-15-2)11-6-10(13)4-5-12(11)14/h4-7H,3,8H2,1-2H3. The number of aryl methyl sites for hydroxylation is 1.